The number of anilines is 1. The van der Waals surface area contributed by atoms with E-state index in [0.29, 0.717) is 16.8 Å². The molecule has 0 spiro atoms. The van der Waals surface area contributed by atoms with Crippen molar-refractivity contribution in [2.24, 2.45) is 0 Å². The number of fused-ring (bicyclic) bond motifs is 1. The third-order valence-electron chi connectivity index (χ3n) is 3.93. The first kappa shape index (κ1) is 19.8. The molecule has 0 saturated carbocycles. The lowest BCUT2D eigenvalue weighted by atomic mass is 10.1. The van der Waals surface area contributed by atoms with Gasteiger partial charge in [-0.05, 0) is 37.6 Å². The average molecular weight is 392 g/mol. The molecule has 0 aliphatic carbocycles. The molecule has 1 amide bonds. The number of benzene rings is 1. The van der Waals surface area contributed by atoms with E-state index in [1.165, 1.54) is 12.1 Å². The molecule has 9 heteroatoms. The summed E-state index contributed by atoms with van der Waals surface area (Å²) in [7, 11) is 0. The molecule has 0 radical (unpaired) electrons. The number of alkyl halides is 3. The van der Waals surface area contributed by atoms with Crippen LogP contribution in [-0.2, 0) is 11.3 Å². The molecule has 1 N–H and O–H groups in total. The molecule has 148 valence electrons. The lowest BCUT2D eigenvalue weighted by Crippen LogP contribution is -2.16. The monoisotopic (exact) mass is 392 g/mol. The maximum absolute atomic E-state index is 12.4. The average Bonchev–Trinajstić information content (AvgIpc) is 3.04. The third-order valence-corrected chi connectivity index (χ3v) is 3.93. The number of carbonyl (C=O) groups excluding carboxylic acids is 1. The molecule has 0 aliphatic heterocycles. The predicted octanol–water partition coefficient (Wildman–Crippen LogP) is 4.34. The van der Waals surface area contributed by atoms with Gasteiger partial charge in [-0.15, -0.1) is 0 Å². The van der Waals surface area contributed by atoms with Gasteiger partial charge in [-0.2, -0.15) is 18.3 Å². The smallest absolute Gasteiger partial charge is 0.367 e. The third kappa shape index (κ3) is 4.86. The van der Waals surface area contributed by atoms with Crippen LogP contribution in [0.1, 0.15) is 35.8 Å². The topological polar surface area (TPSA) is 69.0 Å². The normalized spacial score (nSPS) is 11.9. The van der Waals surface area contributed by atoms with E-state index in [1.807, 2.05) is 13.8 Å². The first-order chi connectivity index (χ1) is 13.2. The van der Waals surface area contributed by atoms with Gasteiger partial charge in [0.1, 0.15) is 6.61 Å². The summed E-state index contributed by atoms with van der Waals surface area (Å²) in [4.78, 5) is 16.7. The summed E-state index contributed by atoms with van der Waals surface area (Å²) in [6.45, 7) is 2.52. The van der Waals surface area contributed by atoms with Crippen molar-refractivity contribution < 1.29 is 22.7 Å². The molecule has 0 saturated heterocycles. The van der Waals surface area contributed by atoms with E-state index in [4.69, 9.17) is 0 Å². The maximum atomic E-state index is 12.4. The van der Waals surface area contributed by atoms with Gasteiger partial charge in [-0.25, -0.2) is 9.67 Å². The van der Waals surface area contributed by atoms with Crippen molar-refractivity contribution in [1.82, 2.24) is 14.8 Å². The number of ether oxygens (including phenoxy) is 1. The number of halogens is 3. The van der Waals surface area contributed by atoms with E-state index < -0.39 is 12.8 Å². The van der Waals surface area contributed by atoms with Crippen molar-refractivity contribution in [2.75, 3.05) is 11.9 Å². The second-order valence-electron chi connectivity index (χ2n) is 6.58. The fourth-order valence-electron chi connectivity index (χ4n) is 2.63. The van der Waals surface area contributed by atoms with Crippen LogP contribution < -0.4 is 5.32 Å². The molecule has 3 rings (SSSR count). The number of rotatable bonds is 6. The minimum absolute atomic E-state index is 0.170. The van der Waals surface area contributed by atoms with Crippen LogP contribution in [0.3, 0.4) is 0 Å². The van der Waals surface area contributed by atoms with Gasteiger partial charge in [-0.3, -0.25) is 4.79 Å². The molecule has 0 aliphatic rings. The van der Waals surface area contributed by atoms with Crippen molar-refractivity contribution in [3.8, 4) is 0 Å². The molecule has 0 fully saturated rings. The van der Waals surface area contributed by atoms with Gasteiger partial charge in [0, 0.05) is 17.0 Å². The zero-order valence-electron chi connectivity index (χ0n) is 15.3. The Balaban J connectivity index is 1.63. The molecule has 2 heterocycles. The molecule has 28 heavy (non-hydrogen) atoms. The lowest BCUT2D eigenvalue weighted by molar-refractivity contribution is -0.176. The SMILES string of the molecule is CC(C)n1ncc2cc(NC(=O)c3ccc(COCC(F)(F)F)cc3)cnc21. The van der Waals surface area contributed by atoms with Crippen LogP contribution in [0.25, 0.3) is 11.0 Å². The highest BCUT2D eigenvalue weighted by molar-refractivity contribution is 6.04. The summed E-state index contributed by atoms with van der Waals surface area (Å²) in [6, 6.07) is 8.13. The van der Waals surface area contributed by atoms with E-state index in [9.17, 15) is 18.0 Å². The summed E-state index contributed by atoms with van der Waals surface area (Å²) < 4.78 is 42.6. The van der Waals surface area contributed by atoms with Gasteiger partial charge in [-0.1, -0.05) is 12.1 Å². The summed E-state index contributed by atoms with van der Waals surface area (Å²) in [5, 5.41) is 7.84. The van der Waals surface area contributed by atoms with E-state index >= 15 is 0 Å². The number of nitrogens with one attached hydrogen (secondary N) is 1. The van der Waals surface area contributed by atoms with Crippen molar-refractivity contribution in [3.05, 3.63) is 53.9 Å². The van der Waals surface area contributed by atoms with Crippen molar-refractivity contribution in [3.63, 3.8) is 0 Å². The van der Waals surface area contributed by atoms with Gasteiger partial charge < -0.3 is 10.1 Å². The van der Waals surface area contributed by atoms with Crippen LogP contribution >= 0.6 is 0 Å². The largest absolute Gasteiger partial charge is 0.411 e. The zero-order valence-corrected chi connectivity index (χ0v) is 15.3. The van der Waals surface area contributed by atoms with E-state index in [0.717, 1.165) is 11.0 Å². The molecular weight excluding hydrogens is 373 g/mol. The van der Waals surface area contributed by atoms with Crippen molar-refractivity contribution in [2.45, 2.75) is 32.7 Å². The number of carbonyl (C=O) groups is 1. The number of hydrogen-bond donors (Lipinski definition) is 1. The first-order valence-corrected chi connectivity index (χ1v) is 8.61. The van der Waals surface area contributed by atoms with E-state index in [1.54, 1.807) is 35.3 Å². The van der Waals surface area contributed by atoms with Gasteiger partial charge in [0.2, 0.25) is 0 Å². The van der Waals surface area contributed by atoms with Crippen LogP contribution in [0, 0.1) is 0 Å². The Morgan fingerprint density at radius 1 is 1.21 bits per heavy atom. The highest BCUT2D eigenvalue weighted by Crippen LogP contribution is 2.20. The fourth-order valence-corrected chi connectivity index (χ4v) is 2.63. The Morgan fingerprint density at radius 3 is 2.57 bits per heavy atom. The van der Waals surface area contributed by atoms with Gasteiger partial charge >= 0.3 is 6.18 Å². The van der Waals surface area contributed by atoms with Gasteiger partial charge in [0.25, 0.3) is 5.91 Å². The van der Waals surface area contributed by atoms with E-state index in [2.05, 4.69) is 20.1 Å². The Morgan fingerprint density at radius 2 is 1.93 bits per heavy atom. The number of amides is 1. The molecular formula is C19H19F3N4O2. The minimum Gasteiger partial charge on any atom is -0.367 e. The zero-order chi connectivity index (χ0) is 20.3. The van der Waals surface area contributed by atoms with Gasteiger partial charge in [0.15, 0.2) is 5.65 Å². The lowest BCUT2D eigenvalue weighted by Gasteiger charge is -2.09. The van der Waals surface area contributed by atoms with Crippen LogP contribution in [0.5, 0.6) is 0 Å². The molecule has 0 atom stereocenters. The first-order valence-electron chi connectivity index (χ1n) is 8.61. The highest BCUT2D eigenvalue weighted by atomic mass is 19.4. The molecule has 2 aromatic heterocycles. The minimum atomic E-state index is -4.36. The number of hydrogen-bond acceptors (Lipinski definition) is 4. The second-order valence-corrected chi connectivity index (χ2v) is 6.58. The van der Waals surface area contributed by atoms with Crippen LogP contribution in [0.4, 0.5) is 18.9 Å². The summed E-state index contributed by atoms with van der Waals surface area (Å²) in [6.07, 6.45) is -1.12. The Labute approximate surface area is 159 Å². The number of aromatic nitrogens is 3. The van der Waals surface area contributed by atoms with Crippen LogP contribution in [0.2, 0.25) is 0 Å². The summed E-state index contributed by atoms with van der Waals surface area (Å²) >= 11 is 0. The number of nitrogens with zero attached hydrogens (tertiary/aromatic N) is 3. The molecule has 1 aromatic carbocycles. The van der Waals surface area contributed by atoms with Crippen molar-refractivity contribution in [1.29, 1.82) is 0 Å². The molecule has 0 unspecified atom stereocenters. The highest BCUT2D eigenvalue weighted by Gasteiger charge is 2.27. The maximum Gasteiger partial charge on any atom is 0.411 e. The second kappa shape index (κ2) is 7.97. The predicted molar refractivity (Wildman–Crippen MR) is 98.0 cm³/mol. The van der Waals surface area contributed by atoms with Crippen molar-refractivity contribution >= 4 is 22.6 Å². The molecule has 3 aromatic rings. The van der Waals surface area contributed by atoms with Crippen LogP contribution in [-0.4, -0.2) is 33.5 Å². The fraction of sp³-hybridized carbons (Fsp3) is 0.316. The quantitative estimate of drug-likeness (QED) is 0.677. The standard InChI is InChI=1S/C19H19F3N4O2/c1-12(2)26-17-15(8-24-26)7-16(9-23-17)25-18(27)14-5-3-13(4-6-14)10-28-11-19(20,21)22/h3-9,12H,10-11H2,1-2H3,(H,25,27). The Bertz CT molecular complexity index is 965. The summed E-state index contributed by atoms with van der Waals surface area (Å²) in [5.74, 6) is -0.347. The van der Waals surface area contributed by atoms with E-state index in [-0.39, 0.29) is 18.6 Å². The van der Waals surface area contributed by atoms with Crippen LogP contribution in [0.15, 0.2) is 42.7 Å². The summed E-state index contributed by atoms with van der Waals surface area (Å²) in [5.41, 5.74) is 2.18. The van der Waals surface area contributed by atoms with Gasteiger partial charge in [0.05, 0.1) is 24.7 Å². The Hall–Kier alpha value is -2.94. The Kier molecular flexibility index (Phi) is 5.64. The molecule has 0 bridgehead atoms. The molecule has 6 nitrogen and oxygen atoms in total. The number of pyridine rings is 1.